The second kappa shape index (κ2) is 7.61. The maximum atomic E-state index is 11.4. The zero-order chi connectivity index (χ0) is 18.6. The zero-order valence-corrected chi connectivity index (χ0v) is 15.1. The van der Waals surface area contributed by atoms with Crippen molar-refractivity contribution in [2.24, 2.45) is 11.7 Å². The van der Waals surface area contributed by atoms with Crippen LogP contribution in [0.4, 0.5) is 11.6 Å². The Balaban J connectivity index is 1.47. The minimum Gasteiger partial charge on any atom is -0.369 e. The van der Waals surface area contributed by atoms with Gasteiger partial charge in [0.2, 0.25) is 5.91 Å². The van der Waals surface area contributed by atoms with Crippen LogP contribution in [-0.4, -0.2) is 29.0 Å². The van der Waals surface area contributed by atoms with E-state index in [0.717, 1.165) is 54.0 Å². The van der Waals surface area contributed by atoms with Gasteiger partial charge < -0.3 is 16.0 Å². The molecule has 1 aliphatic heterocycles. The van der Waals surface area contributed by atoms with Crippen molar-refractivity contribution in [1.29, 1.82) is 0 Å². The van der Waals surface area contributed by atoms with Crippen molar-refractivity contribution in [2.75, 3.05) is 23.3 Å². The first kappa shape index (κ1) is 17.3. The maximum absolute atomic E-state index is 11.4. The number of carbonyl (C=O) groups excluding carboxylic acids is 1. The summed E-state index contributed by atoms with van der Waals surface area (Å²) in [5, 5.41) is 4.53. The number of aromatic nitrogens is 2. The minimum absolute atomic E-state index is 0.0201. The largest absolute Gasteiger partial charge is 0.369 e. The molecule has 1 amide bonds. The Labute approximate surface area is 158 Å². The monoisotopic (exact) mass is 361 g/mol. The summed E-state index contributed by atoms with van der Waals surface area (Å²) >= 11 is 0. The Morgan fingerprint density at radius 3 is 2.74 bits per heavy atom. The predicted molar refractivity (Wildman–Crippen MR) is 107 cm³/mol. The maximum Gasteiger partial charge on any atom is 0.220 e. The number of amides is 1. The molecule has 4 rings (SSSR count). The summed E-state index contributed by atoms with van der Waals surface area (Å²) in [5.74, 6) is 1.60. The first-order valence-electron chi connectivity index (χ1n) is 9.28. The van der Waals surface area contributed by atoms with E-state index in [1.165, 1.54) is 0 Å². The van der Waals surface area contributed by atoms with Gasteiger partial charge in [0, 0.05) is 42.7 Å². The lowest BCUT2D eigenvalue weighted by atomic mass is 9.96. The molecule has 0 unspecified atom stereocenters. The number of fused-ring (bicyclic) bond motifs is 1. The van der Waals surface area contributed by atoms with Gasteiger partial charge in [-0.15, -0.1) is 0 Å². The molecule has 3 N–H and O–H groups in total. The van der Waals surface area contributed by atoms with Crippen molar-refractivity contribution >= 4 is 28.4 Å². The molecule has 0 bridgehead atoms. The number of piperidine rings is 1. The topological polar surface area (TPSA) is 84.1 Å². The Morgan fingerprint density at radius 1 is 1.11 bits per heavy atom. The number of carbonyl (C=O) groups is 1. The van der Waals surface area contributed by atoms with Crippen LogP contribution in [0.5, 0.6) is 0 Å². The van der Waals surface area contributed by atoms with Crippen LogP contribution in [0.3, 0.4) is 0 Å². The van der Waals surface area contributed by atoms with Gasteiger partial charge in [0.05, 0.1) is 5.52 Å². The molecule has 6 nitrogen and oxygen atoms in total. The third-order valence-corrected chi connectivity index (χ3v) is 5.12. The molecule has 6 heteroatoms. The molecule has 0 spiro atoms. The molecule has 1 aliphatic rings. The Morgan fingerprint density at radius 2 is 1.93 bits per heavy atom. The van der Waals surface area contributed by atoms with Crippen LogP contribution in [0.25, 0.3) is 10.9 Å². The van der Waals surface area contributed by atoms with Gasteiger partial charge in [0.15, 0.2) is 0 Å². The number of hydrogen-bond acceptors (Lipinski definition) is 5. The van der Waals surface area contributed by atoms with E-state index >= 15 is 0 Å². The number of nitrogens with one attached hydrogen (secondary N) is 1. The number of benzene rings is 1. The second-order valence-electron chi connectivity index (χ2n) is 6.89. The van der Waals surface area contributed by atoms with Crippen molar-refractivity contribution in [3.8, 4) is 0 Å². The molecule has 1 aromatic carbocycles. The standard InChI is InChI=1S/C21H23N5O/c22-20(27)16-9-12-26(13-10-16)21-17(5-3-11-23-21)14-24-19-8-7-15-4-1-2-6-18(15)25-19/h1-8,11,16H,9-10,12-14H2,(H2,22,27)(H,24,25). The van der Waals surface area contributed by atoms with Crippen LogP contribution in [0.15, 0.2) is 54.7 Å². The van der Waals surface area contributed by atoms with E-state index in [1.54, 1.807) is 0 Å². The first-order chi connectivity index (χ1) is 13.2. The fourth-order valence-corrected chi connectivity index (χ4v) is 3.58. The van der Waals surface area contributed by atoms with Gasteiger partial charge in [-0.3, -0.25) is 4.79 Å². The third kappa shape index (κ3) is 3.84. The number of rotatable bonds is 5. The molecule has 3 aromatic rings. The lowest BCUT2D eigenvalue weighted by Gasteiger charge is -2.32. The van der Waals surface area contributed by atoms with Crippen LogP contribution >= 0.6 is 0 Å². The van der Waals surface area contributed by atoms with E-state index in [4.69, 9.17) is 5.73 Å². The molecule has 138 valence electrons. The number of hydrogen-bond donors (Lipinski definition) is 2. The summed E-state index contributed by atoms with van der Waals surface area (Å²) in [4.78, 5) is 22.9. The molecular weight excluding hydrogens is 338 g/mol. The second-order valence-corrected chi connectivity index (χ2v) is 6.89. The molecule has 27 heavy (non-hydrogen) atoms. The summed E-state index contributed by atoms with van der Waals surface area (Å²) in [6, 6.07) is 16.2. The molecular formula is C21H23N5O. The fourth-order valence-electron chi connectivity index (χ4n) is 3.58. The van der Waals surface area contributed by atoms with Gasteiger partial charge in [-0.1, -0.05) is 24.3 Å². The van der Waals surface area contributed by atoms with Crippen LogP contribution < -0.4 is 16.0 Å². The van der Waals surface area contributed by atoms with Gasteiger partial charge >= 0.3 is 0 Å². The fraction of sp³-hybridized carbons (Fsp3) is 0.286. The highest BCUT2D eigenvalue weighted by Gasteiger charge is 2.24. The van der Waals surface area contributed by atoms with Crippen molar-refractivity contribution in [3.05, 3.63) is 60.3 Å². The van der Waals surface area contributed by atoms with Gasteiger partial charge in [0.1, 0.15) is 11.6 Å². The van der Waals surface area contributed by atoms with Crippen LogP contribution in [0.2, 0.25) is 0 Å². The van der Waals surface area contributed by atoms with Crippen LogP contribution in [0.1, 0.15) is 18.4 Å². The van der Waals surface area contributed by atoms with Gasteiger partial charge in [-0.2, -0.15) is 0 Å². The number of para-hydroxylation sites is 1. The summed E-state index contributed by atoms with van der Waals surface area (Å²) in [6.45, 7) is 2.24. The van der Waals surface area contributed by atoms with Crippen molar-refractivity contribution < 1.29 is 4.79 Å². The van der Waals surface area contributed by atoms with Gasteiger partial charge in [0.25, 0.3) is 0 Å². The highest BCUT2D eigenvalue weighted by molar-refractivity contribution is 5.80. The van der Waals surface area contributed by atoms with Crippen molar-refractivity contribution in [2.45, 2.75) is 19.4 Å². The molecule has 1 fully saturated rings. The molecule has 3 heterocycles. The summed E-state index contributed by atoms with van der Waals surface area (Å²) < 4.78 is 0. The Hall–Kier alpha value is -3.15. The van der Waals surface area contributed by atoms with E-state index in [2.05, 4.69) is 38.4 Å². The zero-order valence-electron chi connectivity index (χ0n) is 15.1. The number of nitrogens with two attached hydrogens (primary N) is 1. The summed E-state index contributed by atoms with van der Waals surface area (Å²) in [5.41, 5.74) is 7.53. The predicted octanol–water partition coefficient (Wildman–Crippen LogP) is 2.94. The van der Waals surface area contributed by atoms with Crippen molar-refractivity contribution in [3.63, 3.8) is 0 Å². The number of anilines is 2. The van der Waals surface area contributed by atoms with E-state index in [1.807, 2.05) is 36.5 Å². The van der Waals surface area contributed by atoms with E-state index in [9.17, 15) is 4.79 Å². The average molecular weight is 361 g/mol. The molecule has 0 atom stereocenters. The van der Waals surface area contributed by atoms with E-state index < -0.39 is 0 Å². The van der Waals surface area contributed by atoms with Crippen molar-refractivity contribution in [1.82, 2.24) is 9.97 Å². The van der Waals surface area contributed by atoms with Gasteiger partial charge in [-0.25, -0.2) is 9.97 Å². The Kier molecular flexibility index (Phi) is 4.87. The lowest BCUT2D eigenvalue weighted by Crippen LogP contribution is -2.39. The summed E-state index contributed by atoms with van der Waals surface area (Å²) in [7, 11) is 0. The number of pyridine rings is 2. The highest BCUT2D eigenvalue weighted by atomic mass is 16.1. The number of primary amides is 1. The minimum atomic E-state index is -0.195. The molecule has 0 aliphatic carbocycles. The van der Waals surface area contributed by atoms with Crippen LogP contribution in [0, 0.1) is 5.92 Å². The van der Waals surface area contributed by atoms with Gasteiger partial charge in [-0.05, 0) is 37.1 Å². The first-order valence-corrected chi connectivity index (χ1v) is 9.28. The number of nitrogens with zero attached hydrogens (tertiary/aromatic N) is 3. The normalized spacial score (nSPS) is 15.0. The highest BCUT2D eigenvalue weighted by Crippen LogP contribution is 2.25. The lowest BCUT2D eigenvalue weighted by molar-refractivity contribution is -0.122. The Bertz CT molecular complexity index is 950. The molecule has 0 radical (unpaired) electrons. The van der Waals surface area contributed by atoms with E-state index in [-0.39, 0.29) is 11.8 Å². The van der Waals surface area contributed by atoms with E-state index in [0.29, 0.717) is 6.54 Å². The smallest absolute Gasteiger partial charge is 0.220 e. The summed E-state index contributed by atoms with van der Waals surface area (Å²) in [6.07, 6.45) is 3.38. The quantitative estimate of drug-likeness (QED) is 0.730. The third-order valence-electron chi connectivity index (χ3n) is 5.12. The SMILES string of the molecule is NC(=O)C1CCN(c2ncccc2CNc2ccc3ccccc3n2)CC1. The molecule has 1 saturated heterocycles. The molecule has 2 aromatic heterocycles. The molecule has 0 saturated carbocycles. The van der Waals surface area contributed by atoms with Crippen LogP contribution in [-0.2, 0) is 11.3 Å². The average Bonchev–Trinajstić information content (AvgIpc) is 2.72.